The summed E-state index contributed by atoms with van der Waals surface area (Å²) >= 11 is -2.64. The Labute approximate surface area is 203 Å². The van der Waals surface area contributed by atoms with Crippen LogP contribution in [-0.4, -0.2) is 32.8 Å². The van der Waals surface area contributed by atoms with E-state index in [0.717, 1.165) is 5.75 Å². The molecule has 5 heteroatoms. The molecule has 180 valence electrons. The van der Waals surface area contributed by atoms with Gasteiger partial charge in [0.25, 0.3) is 0 Å². The minimum atomic E-state index is -2.64. The van der Waals surface area contributed by atoms with Gasteiger partial charge in [0.1, 0.15) is 0 Å². The van der Waals surface area contributed by atoms with Crippen molar-refractivity contribution in [2.24, 2.45) is 4.99 Å². The number of hydrogen-bond donors (Lipinski definition) is 0. The molecule has 32 heavy (non-hydrogen) atoms. The molecule has 0 aliphatic carbocycles. The maximum absolute atomic E-state index is 10.7. The average molecular weight is 564 g/mol. The molecule has 3 nitrogen and oxygen atoms in total. The van der Waals surface area contributed by atoms with Crippen molar-refractivity contribution >= 4 is 42.4 Å². The SMILES string of the molecule is CCC[CH2][Sn]([CH2]CCC)([CH2]CCC)[c]1ccc(O[Si](C)(C)C(C)(C)C)cc1C=CN=C=O. The number of carbonyl (C=O) groups excluding carboxylic acids is 1. The van der Waals surface area contributed by atoms with Crippen molar-refractivity contribution < 1.29 is 9.22 Å². The molecule has 0 radical (unpaired) electrons. The second kappa shape index (κ2) is 13.8. The Balaban J connectivity index is 3.59. The van der Waals surface area contributed by atoms with E-state index in [1.54, 1.807) is 15.9 Å². The number of hydrogen-bond acceptors (Lipinski definition) is 3. The first-order valence-electron chi connectivity index (χ1n) is 12.6. The van der Waals surface area contributed by atoms with E-state index in [9.17, 15) is 4.79 Å². The van der Waals surface area contributed by atoms with E-state index in [1.807, 2.05) is 6.08 Å². The Morgan fingerprint density at radius 2 is 1.53 bits per heavy atom. The van der Waals surface area contributed by atoms with Crippen LogP contribution >= 0.6 is 0 Å². The fraction of sp³-hybridized carbons (Fsp3) is 0.667. The molecule has 0 spiro atoms. The number of isocyanates is 1. The van der Waals surface area contributed by atoms with Crippen LogP contribution in [0.5, 0.6) is 5.75 Å². The summed E-state index contributed by atoms with van der Waals surface area (Å²) in [5, 5.41) is 0.149. The average Bonchev–Trinajstić information content (AvgIpc) is 2.73. The van der Waals surface area contributed by atoms with E-state index in [1.165, 1.54) is 57.4 Å². The van der Waals surface area contributed by atoms with Gasteiger partial charge in [0, 0.05) is 0 Å². The van der Waals surface area contributed by atoms with Crippen LogP contribution in [-0.2, 0) is 4.79 Å². The summed E-state index contributed by atoms with van der Waals surface area (Å²) in [4.78, 5) is 14.4. The number of rotatable bonds is 14. The molecule has 1 aromatic carbocycles. The summed E-state index contributed by atoms with van der Waals surface area (Å²) in [6.07, 6.45) is 13.0. The zero-order valence-electron chi connectivity index (χ0n) is 22.0. The topological polar surface area (TPSA) is 38.7 Å². The zero-order chi connectivity index (χ0) is 24.3. The second-order valence-electron chi connectivity index (χ2n) is 10.7. The van der Waals surface area contributed by atoms with Crippen LogP contribution in [0.25, 0.3) is 6.08 Å². The zero-order valence-corrected chi connectivity index (χ0v) is 25.9. The number of benzene rings is 1. The van der Waals surface area contributed by atoms with Crippen LogP contribution in [0.15, 0.2) is 29.4 Å². The third-order valence-electron chi connectivity index (χ3n) is 7.18. The van der Waals surface area contributed by atoms with E-state index >= 15 is 0 Å². The van der Waals surface area contributed by atoms with Crippen LogP contribution in [0.2, 0.25) is 31.4 Å². The van der Waals surface area contributed by atoms with Gasteiger partial charge in [0.05, 0.1) is 0 Å². The van der Waals surface area contributed by atoms with Gasteiger partial charge in [0.2, 0.25) is 0 Å². The van der Waals surface area contributed by atoms with Crippen LogP contribution < -0.4 is 8.01 Å². The van der Waals surface area contributed by atoms with Gasteiger partial charge >= 0.3 is 204 Å². The van der Waals surface area contributed by atoms with Gasteiger partial charge in [0.15, 0.2) is 0 Å². The molecule has 0 unspecified atom stereocenters. The van der Waals surface area contributed by atoms with E-state index in [0.29, 0.717) is 0 Å². The third-order valence-corrected chi connectivity index (χ3v) is 27.3. The fourth-order valence-electron chi connectivity index (χ4n) is 4.15. The van der Waals surface area contributed by atoms with E-state index < -0.39 is 26.7 Å². The van der Waals surface area contributed by atoms with Gasteiger partial charge in [-0.2, -0.15) is 0 Å². The fourth-order valence-corrected chi connectivity index (χ4v) is 21.9. The van der Waals surface area contributed by atoms with Gasteiger partial charge in [-0.05, 0) is 0 Å². The van der Waals surface area contributed by atoms with Crippen LogP contribution in [0.4, 0.5) is 0 Å². The molecule has 0 amide bonds. The summed E-state index contributed by atoms with van der Waals surface area (Å²) in [6, 6.07) is 6.84. The standard InChI is InChI=1S/C15H20NO2Si.3C4H9.Sn/c1-15(2,3)19(4,5)18-14-8-6-7-13(11-14)9-10-16-12-17;3*1-3-4-2;/h6,8-11H,1-5H3;3*1,3-4H2,2H3;. The molecule has 0 saturated carbocycles. The molecular weight excluding hydrogens is 517 g/mol. The first-order valence-corrected chi connectivity index (χ1v) is 23.0. The van der Waals surface area contributed by atoms with Gasteiger partial charge in [-0.3, -0.25) is 0 Å². The molecule has 0 bridgehead atoms. The molecule has 0 aliphatic rings. The van der Waals surface area contributed by atoms with Gasteiger partial charge in [-0.25, -0.2) is 0 Å². The van der Waals surface area contributed by atoms with Crippen LogP contribution in [0, 0.1) is 0 Å². The number of aliphatic imine (C=N–C) groups is 1. The molecular formula is C27H47NO2SiSn. The summed E-state index contributed by atoms with van der Waals surface area (Å²) in [7, 11) is -1.93. The van der Waals surface area contributed by atoms with Gasteiger partial charge in [-0.15, -0.1) is 0 Å². The quantitative estimate of drug-likeness (QED) is 0.129. The van der Waals surface area contributed by atoms with Gasteiger partial charge in [-0.1, -0.05) is 0 Å². The van der Waals surface area contributed by atoms with E-state index in [-0.39, 0.29) is 5.04 Å². The van der Waals surface area contributed by atoms with Crippen molar-refractivity contribution in [3.05, 3.63) is 30.0 Å². The maximum atomic E-state index is 10.7. The third kappa shape index (κ3) is 8.50. The monoisotopic (exact) mass is 565 g/mol. The number of unbranched alkanes of at least 4 members (excludes halogenated alkanes) is 3. The minimum absolute atomic E-state index is 0.149. The molecule has 0 N–H and O–H groups in total. The predicted octanol–water partition coefficient (Wildman–Crippen LogP) is 8.43. The summed E-state index contributed by atoms with van der Waals surface area (Å²) < 4.78 is 12.5. The van der Waals surface area contributed by atoms with Crippen LogP contribution in [0.1, 0.15) is 85.6 Å². The normalized spacial score (nSPS) is 12.8. The molecule has 0 heterocycles. The van der Waals surface area contributed by atoms with Crippen molar-refractivity contribution in [1.29, 1.82) is 0 Å². The Hall–Kier alpha value is -0.844. The van der Waals surface area contributed by atoms with Crippen molar-refractivity contribution in [3.8, 4) is 5.75 Å². The van der Waals surface area contributed by atoms with E-state index in [2.05, 4.69) is 77.8 Å². The number of nitrogens with zero attached hydrogens (tertiary/aromatic N) is 1. The Bertz CT molecular complexity index is 755. The summed E-state index contributed by atoms with van der Waals surface area (Å²) in [6.45, 7) is 18.3. The first kappa shape index (κ1) is 29.2. The van der Waals surface area contributed by atoms with Crippen LogP contribution in [0.3, 0.4) is 0 Å². The van der Waals surface area contributed by atoms with Crippen molar-refractivity contribution in [1.82, 2.24) is 0 Å². The summed E-state index contributed by atoms with van der Waals surface area (Å²) in [5.41, 5.74) is 1.22. The molecule has 0 fully saturated rings. The van der Waals surface area contributed by atoms with Crippen molar-refractivity contribution in [2.45, 2.75) is 112 Å². The molecule has 0 saturated heterocycles. The van der Waals surface area contributed by atoms with Crippen molar-refractivity contribution in [3.63, 3.8) is 0 Å². The Morgan fingerprint density at radius 3 is 1.97 bits per heavy atom. The molecule has 1 rings (SSSR count). The molecule has 0 aliphatic heterocycles. The molecule has 0 aromatic heterocycles. The summed E-state index contributed by atoms with van der Waals surface area (Å²) in [5.74, 6) is 0.955. The Kier molecular flexibility index (Phi) is 12.6. The second-order valence-corrected chi connectivity index (χ2v) is 28.6. The molecule has 1 aromatic rings. The van der Waals surface area contributed by atoms with Gasteiger partial charge < -0.3 is 0 Å². The molecule has 0 atom stereocenters. The predicted molar refractivity (Wildman–Crippen MR) is 146 cm³/mol. The van der Waals surface area contributed by atoms with Crippen molar-refractivity contribution in [2.75, 3.05) is 0 Å². The first-order chi connectivity index (χ1) is 15.1. The Morgan fingerprint density at radius 1 is 1.00 bits per heavy atom. The van der Waals surface area contributed by atoms with E-state index in [4.69, 9.17) is 4.43 Å².